The van der Waals surface area contributed by atoms with Crippen molar-refractivity contribution >= 4 is 31.9 Å². The molecule has 1 saturated carbocycles. The molecule has 1 aromatic rings. The van der Waals surface area contributed by atoms with Gasteiger partial charge in [-0.05, 0) is 64.2 Å². The summed E-state index contributed by atoms with van der Waals surface area (Å²) < 4.78 is 0.513. The highest BCUT2D eigenvalue weighted by Crippen LogP contribution is 2.49. The molecule has 0 heterocycles. The number of hydrogen-bond acceptors (Lipinski definition) is 2. The van der Waals surface area contributed by atoms with E-state index in [1.165, 1.54) is 5.57 Å². The Bertz CT molecular complexity index is 538. The lowest BCUT2D eigenvalue weighted by atomic mass is 9.64. The van der Waals surface area contributed by atoms with E-state index < -0.39 is 0 Å². The van der Waals surface area contributed by atoms with Crippen LogP contribution in [-0.2, 0) is 6.42 Å². The Morgan fingerprint density at radius 3 is 2.60 bits per heavy atom. The molecule has 0 radical (unpaired) electrons. The highest BCUT2D eigenvalue weighted by molar-refractivity contribution is 9.10. The standard InChI is InChI=1S/C16H20Br2O2/c1-9-4-5-15(18)16(2,3)11(9)6-10-7-14(20)12(17)8-13(10)19/h7-8,11,15,19-20H,1,4-6H2,2-3H3/t11?,15-/m1/s1. The van der Waals surface area contributed by atoms with Crippen molar-refractivity contribution in [2.24, 2.45) is 11.3 Å². The molecule has 1 aliphatic rings. The summed E-state index contributed by atoms with van der Waals surface area (Å²) in [5.41, 5.74) is 2.07. The molecule has 1 fully saturated rings. The molecule has 0 saturated heterocycles. The summed E-state index contributed by atoms with van der Waals surface area (Å²) >= 11 is 6.99. The van der Waals surface area contributed by atoms with Crippen LogP contribution in [0.2, 0.25) is 0 Å². The number of phenolic OH excluding ortho intramolecular Hbond substituents is 2. The number of rotatable bonds is 2. The van der Waals surface area contributed by atoms with Gasteiger partial charge in [0.15, 0.2) is 0 Å². The summed E-state index contributed by atoms with van der Waals surface area (Å²) in [6.45, 7) is 8.68. The van der Waals surface area contributed by atoms with Gasteiger partial charge in [0.1, 0.15) is 11.5 Å². The largest absolute Gasteiger partial charge is 0.508 e. The lowest BCUT2D eigenvalue weighted by molar-refractivity contribution is 0.201. The Kier molecular flexibility index (Phi) is 4.55. The Hall–Kier alpha value is -0.480. The molecule has 110 valence electrons. The molecular weight excluding hydrogens is 384 g/mol. The van der Waals surface area contributed by atoms with Crippen molar-refractivity contribution in [1.82, 2.24) is 0 Å². The van der Waals surface area contributed by atoms with Crippen molar-refractivity contribution in [2.45, 2.75) is 37.9 Å². The van der Waals surface area contributed by atoms with E-state index in [4.69, 9.17) is 0 Å². The molecule has 1 unspecified atom stereocenters. The molecule has 0 aliphatic heterocycles. The van der Waals surface area contributed by atoms with Crippen LogP contribution in [0.4, 0.5) is 0 Å². The Labute approximate surface area is 137 Å². The molecule has 2 N–H and O–H groups in total. The predicted octanol–water partition coefficient (Wildman–Crippen LogP) is 5.16. The minimum absolute atomic E-state index is 0.0739. The van der Waals surface area contributed by atoms with E-state index in [0.717, 1.165) is 18.4 Å². The van der Waals surface area contributed by atoms with E-state index in [1.807, 2.05) is 0 Å². The van der Waals surface area contributed by atoms with Crippen LogP contribution in [-0.4, -0.2) is 15.0 Å². The van der Waals surface area contributed by atoms with Gasteiger partial charge < -0.3 is 10.2 Å². The molecule has 20 heavy (non-hydrogen) atoms. The van der Waals surface area contributed by atoms with Crippen LogP contribution < -0.4 is 0 Å². The van der Waals surface area contributed by atoms with Gasteiger partial charge in [-0.3, -0.25) is 0 Å². The fourth-order valence-corrected chi connectivity index (χ4v) is 3.87. The summed E-state index contributed by atoms with van der Waals surface area (Å²) in [4.78, 5) is 0.441. The van der Waals surface area contributed by atoms with Crippen LogP contribution >= 0.6 is 31.9 Å². The lowest BCUT2D eigenvalue weighted by Crippen LogP contribution is -2.39. The van der Waals surface area contributed by atoms with Crippen molar-refractivity contribution in [3.05, 3.63) is 34.3 Å². The number of phenols is 2. The lowest BCUT2D eigenvalue weighted by Gasteiger charge is -2.44. The summed E-state index contributed by atoms with van der Waals surface area (Å²) in [5.74, 6) is 0.662. The van der Waals surface area contributed by atoms with Gasteiger partial charge in [0.2, 0.25) is 0 Å². The van der Waals surface area contributed by atoms with Gasteiger partial charge in [-0.2, -0.15) is 0 Å². The third-order valence-electron chi connectivity index (χ3n) is 4.49. The molecular formula is C16H20Br2O2. The second-order valence-electron chi connectivity index (χ2n) is 6.17. The predicted molar refractivity (Wildman–Crippen MR) is 89.5 cm³/mol. The van der Waals surface area contributed by atoms with Crippen molar-refractivity contribution in [2.75, 3.05) is 0 Å². The van der Waals surface area contributed by atoms with E-state index in [2.05, 4.69) is 52.3 Å². The van der Waals surface area contributed by atoms with Crippen LogP contribution in [0.15, 0.2) is 28.8 Å². The van der Waals surface area contributed by atoms with Crippen LogP contribution in [0, 0.1) is 11.3 Å². The molecule has 1 aromatic carbocycles. The third-order valence-corrected chi connectivity index (χ3v) is 6.76. The highest BCUT2D eigenvalue weighted by Gasteiger charge is 2.41. The minimum atomic E-state index is 0.0739. The zero-order chi connectivity index (χ0) is 15.1. The zero-order valence-electron chi connectivity index (χ0n) is 11.8. The average molecular weight is 404 g/mol. The Morgan fingerprint density at radius 2 is 1.95 bits per heavy atom. The number of benzene rings is 1. The van der Waals surface area contributed by atoms with Gasteiger partial charge in [-0.1, -0.05) is 41.9 Å². The highest BCUT2D eigenvalue weighted by atomic mass is 79.9. The second-order valence-corrected chi connectivity index (χ2v) is 8.13. The smallest absolute Gasteiger partial charge is 0.130 e. The molecule has 4 heteroatoms. The maximum atomic E-state index is 10.1. The van der Waals surface area contributed by atoms with Crippen LogP contribution in [0.1, 0.15) is 32.3 Å². The molecule has 0 aromatic heterocycles. The van der Waals surface area contributed by atoms with Gasteiger partial charge in [-0.15, -0.1) is 0 Å². The first-order valence-electron chi connectivity index (χ1n) is 6.75. The first-order chi connectivity index (χ1) is 9.23. The second kappa shape index (κ2) is 5.72. The number of halogens is 2. The fourth-order valence-electron chi connectivity index (χ4n) is 2.99. The summed E-state index contributed by atoms with van der Waals surface area (Å²) in [6.07, 6.45) is 2.80. The Morgan fingerprint density at radius 1 is 1.30 bits per heavy atom. The maximum absolute atomic E-state index is 10.1. The maximum Gasteiger partial charge on any atom is 0.130 e. The number of aromatic hydroxyl groups is 2. The van der Waals surface area contributed by atoms with Gasteiger partial charge in [0, 0.05) is 4.83 Å². The number of allylic oxidation sites excluding steroid dienone is 1. The normalized spacial score (nSPS) is 25.7. The topological polar surface area (TPSA) is 40.5 Å². The quantitative estimate of drug-likeness (QED) is 0.406. The van der Waals surface area contributed by atoms with E-state index in [1.54, 1.807) is 12.1 Å². The van der Waals surface area contributed by atoms with Crippen molar-refractivity contribution < 1.29 is 10.2 Å². The molecule has 1 aliphatic carbocycles. The summed E-state index contributed by atoms with van der Waals surface area (Å²) in [6, 6.07) is 3.19. The van der Waals surface area contributed by atoms with Crippen molar-refractivity contribution in [3.63, 3.8) is 0 Å². The third kappa shape index (κ3) is 2.91. The molecule has 2 atom stereocenters. The average Bonchev–Trinajstić information content (AvgIpc) is 2.36. The van der Waals surface area contributed by atoms with Gasteiger partial charge in [0.05, 0.1) is 4.47 Å². The van der Waals surface area contributed by atoms with Crippen LogP contribution in [0.5, 0.6) is 11.5 Å². The van der Waals surface area contributed by atoms with Crippen molar-refractivity contribution in [3.8, 4) is 11.5 Å². The van der Waals surface area contributed by atoms with E-state index in [0.29, 0.717) is 15.7 Å². The summed E-state index contributed by atoms with van der Waals surface area (Å²) in [7, 11) is 0. The van der Waals surface area contributed by atoms with Crippen molar-refractivity contribution in [1.29, 1.82) is 0 Å². The summed E-state index contributed by atoms with van der Waals surface area (Å²) in [5, 5.41) is 19.9. The first kappa shape index (κ1) is 15.9. The van der Waals surface area contributed by atoms with Gasteiger partial charge >= 0.3 is 0 Å². The molecule has 0 spiro atoms. The molecule has 2 nitrogen and oxygen atoms in total. The number of hydrogen-bond donors (Lipinski definition) is 2. The minimum Gasteiger partial charge on any atom is -0.508 e. The number of alkyl halides is 1. The fraction of sp³-hybridized carbons (Fsp3) is 0.500. The van der Waals surface area contributed by atoms with Gasteiger partial charge in [0.25, 0.3) is 0 Å². The monoisotopic (exact) mass is 402 g/mol. The van der Waals surface area contributed by atoms with E-state index in [9.17, 15) is 10.2 Å². The molecule has 0 bridgehead atoms. The zero-order valence-corrected chi connectivity index (χ0v) is 15.0. The SMILES string of the molecule is C=C1CC[C@@H](Br)C(C)(C)C1Cc1cc(O)c(Br)cc1O. The Balaban J connectivity index is 2.32. The van der Waals surface area contributed by atoms with Crippen LogP contribution in [0.25, 0.3) is 0 Å². The van der Waals surface area contributed by atoms with E-state index in [-0.39, 0.29) is 22.8 Å². The van der Waals surface area contributed by atoms with Gasteiger partial charge in [-0.25, -0.2) is 0 Å². The molecule has 0 amide bonds. The van der Waals surface area contributed by atoms with Crippen LogP contribution in [0.3, 0.4) is 0 Å². The van der Waals surface area contributed by atoms with E-state index >= 15 is 0 Å². The molecule has 2 rings (SSSR count). The first-order valence-corrected chi connectivity index (χ1v) is 8.46.